The van der Waals surface area contributed by atoms with Gasteiger partial charge in [-0.05, 0) is 51.8 Å². The average Bonchev–Trinajstić information content (AvgIpc) is 3.15. The van der Waals surface area contributed by atoms with Crippen molar-refractivity contribution < 1.29 is 23.6 Å². The van der Waals surface area contributed by atoms with Crippen molar-refractivity contribution in [2.75, 3.05) is 26.2 Å². The van der Waals surface area contributed by atoms with Crippen LogP contribution in [0.5, 0.6) is 0 Å². The van der Waals surface area contributed by atoms with Crippen molar-refractivity contribution in [3.05, 3.63) is 59.5 Å². The van der Waals surface area contributed by atoms with E-state index < -0.39 is 0 Å². The van der Waals surface area contributed by atoms with Gasteiger partial charge in [-0.1, -0.05) is 30.3 Å². The Bertz CT molecular complexity index is 801. The topological polar surface area (TPSA) is 64.2 Å². The monoisotopic (exact) mass is 429 g/mol. The highest BCUT2D eigenvalue weighted by molar-refractivity contribution is 5.77. The smallest absolute Gasteiger partial charge is 0.305 e. The van der Waals surface area contributed by atoms with Gasteiger partial charge in [0.1, 0.15) is 11.5 Å². The Labute approximate surface area is 186 Å². The minimum absolute atomic E-state index is 0.102. The number of aryl methyl sites for hydroxylation is 1. The zero-order valence-electron chi connectivity index (χ0n) is 19.4. The van der Waals surface area contributed by atoms with E-state index in [-0.39, 0.29) is 17.9 Å². The van der Waals surface area contributed by atoms with E-state index in [1.807, 2.05) is 49.1 Å². The van der Waals surface area contributed by atoms with Crippen molar-refractivity contribution in [2.24, 2.45) is 0 Å². The predicted molar refractivity (Wildman–Crippen MR) is 121 cm³/mol. The number of ether oxygens (including phenoxy) is 1. The molecule has 0 radical (unpaired) electrons. The summed E-state index contributed by atoms with van der Waals surface area (Å²) in [5.74, 6) is 1.57. The summed E-state index contributed by atoms with van der Waals surface area (Å²) >= 11 is 0. The lowest BCUT2D eigenvalue weighted by atomic mass is 10.1. The van der Waals surface area contributed by atoms with Gasteiger partial charge in [-0.2, -0.15) is 0 Å². The van der Waals surface area contributed by atoms with Crippen LogP contribution in [0.2, 0.25) is 0 Å². The first-order valence-electron chi connectivity index (χ1n) is 11.3. The van der Waals surface area contributed by atoms with Gasteiger partial charge in [-0.25, -0.2) is 0 Å². The number of carbonyl (C=O) groups is 2. The second kappa shape index (κ2) is 13.0. The lowest BCUT2D eigenvalue weighted by molar-refractivity contribution is -0.914. The molecule has 0 fully saturated rings. The van der Waals surface area contributed by atoms with Crippen LogP contribution in [0.3, 0.4) is 0 Å². The maximum Gasteiger partial charge on any atom is 0.305 e. The van der Waals surface area contributed by atoms with Gasteiger partial charge in [0.2, 0.25) is 0 Å². The molecule has 1 atom stereocenters. The molecule has 1 unspecified atom stereocenters. The Morgan fingerprint density at radius 2 is 1.87 bits per heavy atom. The van der Waals surface area contributed by atoms with E-state index in [9.17, 15) is 9.59 Å². The summed E-state index contributed by atoms with van der Waals surface area (Å²) < 4.78 is 10.7. The molecular weight excluding hydrogens is 392 g/mol. The SMILES string of the molecule is CCOC(=O)CCC[NH+](CC(=O)N(CCc1ccccc1)Cc1ccc(C)o1)C(C)C. The predicted octanol–water partition coefficient (Wildman–Crippen LogP) is 2.80. The first kappa shape index (κ1) is 24.7. The minimum Gasteiger partial charge on any atom is -0.466 e. The molecule has 0 aliphatic carbocycles. The van der Waals surface area contributed by atoms with Crippen molar-refractivity contribution in [3.8, 4) is 0 Å². The number of quaternary nitrogens is 1. The first-order valence-corrected chi connectivity index (χ1v) is 11.3. The molecule has 6 nitrogen and oxygen atoms in total. The lowest BCUT2D eigenvalue weighted by Crippen LogP contribution is -3.16. The van der Waals surface area contributed by atoms with Gasteiger partial charge in [-0.15, -0.1) is 0 Å². The van der Waals surface area contributed by atoms with E-state index in [0.29, 0.717) is 39.1 Å². The van der Waals surface area contributed by atoms with E-state index in [1.54, 1.807) is 0 Å². The highest BCUT2D eigenvalue weighted by Crippen LogP contribution is 2.11. The standard InChI is InChI=1S/C25H36N2O4/c1-5-30-25(29)12-9-16-26(20(2)3)19-24(28)27(18-23-14-13-21(4)31-23)17-15-22-10-7-6-8-11-22/h6-8,10-11,13-14,20H,5,9,12,15-19H2,1-4H3/p+1. The molecule has 2 rings (SSSR count). The highest BCUT2D eigenvalue weighted by Gasteiger charge is 2.23. The second-order valence-corrected chi connectivity index (χ2v) is 8.21. The molecule has 1 aromatic heterocycles. The third-order valence-electron chi connectivity index (χ3n) is 5.39. The molecule has 0 spiro atoms. The summed E-state index contributed by atoms with van der Waals surface area (Å²) in [6.07, 6.45) is 1.90. The number of hydrogen-bond donors (Lipinski definition) is 1. The van der Waals surface area contributed by atoms with Gasteiger partial charge in [0, 0.05) is 13.0 Å². The number of carbonyl (C=O) groups excluding carboxylic acids is 2. The third-order valence-corrected chi connectivity index (χ3v) is 5.39. The molecule has 1 N–H and O–H groups in total. The van der Waals surface area contributed by atoms with Crippen LogP contribution in [0.25, 0.3) is 0 Å². The summed E-state index contributed by atoms with van der Waals surface area (Å²) in [5, 5.41) is 0. The molecule has 1 amide bonds. The third kappa shape index (κ3) is 8.97. The Morgan fingerprint density at radius 1 is 1.13 bits per heavy atom. The fourth-order valence-electron chi connectivity index (χ4n) is 3.54. The van der Waals surface area contributed by atoms with Gasteiger partial charge in [0.25, 0.3) is 5.91 Å². The van der Waals surface area contributed by atoms with E-state index in [4.69, 9.17) is 9.15 Å². The Hall–Kier alpha value is -2.60. The molecule has 6 heteroatoms. The fraction of sp³-hybridized carbons (Fsp3) is 0.520. The van der Waals surface area contributed by atoms with Crippen LogP contribution >= 0.6 is 0 Å². The van der Waals surface area contributed by atoms with Gasteiger partial charge < -0.3 is 19.0 Å². The van der Waals surface area contributed by atoms with Crippen LogP contribution in [0.1, 0.15) is 50.7 Å². The van der Waals surface area contributed by atoms with Crippen LogP contribution in [-0.2, 0) is 27.3 Å². The molecule has 1 aromatic carbocycles. The van der Waals surface area contributed by atoms with Gasteiger partial charge >= 0.3 is 5.97 Å². The summed E-state index contributed by atoms with van der Waals surface area (Å²) in [4.78, 5) is 28.0. The molecular formula is C25H37N2O4+. The zero-order chi connectivity index (χ0) is 22.6. The van der Waals surface area contributed by atoms with E-state index >= 15 is 0 Å². The maximum absolute atomic E-state index is 13.3. The Kier molecular flexibility index (Phi) is 10.3. The normalized spacial score (nSPS) is 12.0. The second-order valence-electron chi connectivity index (χ2n) is 8.21. The number of nitrogens with zero attached hydrogens (tertiary/aromatic N) is 1. The van der Waals surface area contributed by atoms with Gasteiger partial charge in [0.15, 0.2) is 6.54 Å². The summed E-state index contributed by atoms with van der Waals surface area (Å²) in [6.45, 7) is 10.6. The molecule has 170 valence electrons. The van der Waals surface area contributed by atoms with Crippen LogP contribution < -0.4 is 4.90 Å². The van der Waals surface area contributed by atoms with Crippen molar-refractivity contribution >= 4 is 11.9 Å². The van der Waals surface area contributed by atoms with Crippen LogP contribution in [0.15, 0.2) is 46.9 Å². The van der Waals surface area contributed by atoms with Crippen LogP contribution in [0.4, 0.5) is 0 Å². The number of rotatable bonds is 13. The Morgan fingerprint density at radius 3 is 2.48 bits per heavy atom. The molecule has 0 aliphatic rings. The molecule has 0 aliphatic heterocycles. The summed E-state index contributed by atoms with van der Waals surface area (Å²) in [5.41, 5.74) is 1.21. The quantitative estimate of drug-likeness (QED) is 0.498. The number of nitrogens with one attached hydrogen (secondary N) is 1. The van der Waals surface area contributed by atoms with Crippen molar-refractivity contribution in [1.82, 2.24) is 4.90 Å². The minimum atomic E-state index is -0.172. The fourth-order valence-corrected chi connectivity index (χ4v) is 3.54. The summed E-state index contributed by atoms with van der Waals surface area (Å²) in [7, 11) is 0. The molecule has 0 bridgehead atoms. The van der Waals surface area contributed by atoms with Crippen molar-refractivity contribution in [2.45, 2.75) is 59.5 Å². The van der Waals surface area contributed by atoms with Crippen LogP contribution in [0, 0.1) is 6.92 Å². The number of hydrogen-bond acceptors (Lipinski definition) is 4. The summed E-state index contributed by atoms with van der Waals surface area (Å²) in [6, 6.07) is 14.4. The number of esters is 1. The van der Waals surface area contributed by atoms with Crippen LogP contribution in [-0.4, -0.2) is 49.1 Å². The maximum atomic E-state index is 13.3. The number of benzene rings is 1. The molecule has 1 heterocycles. The largest absolute Gasteiger partial charge is 0.466 e. The van der Waals surface area contributed by atoms with Crippen molar-refractivity contribution in [3.63, 3.8) is 0 Å². The number of furan rings is 1. The average molecular weight is 430 g/mol. The zero-order valence-corrected chi connectivity index (χ0v) is 19.4. The molecule has 0 saturated carbocycles. The van der Waals surface area contributed by atoms with E-state index in [1.165, 1.54) is 10.5 Å². The van der Waals surface area contributed by atoms with E-state index in [2.05, 4.69) is 26.0 Å². The highest BCUT2D eigenvalue weighted by atomic mass is 16.5. The first-order chi connectivity index (χ1) is 14.9. The van der Waals surface area contributed by atoms with Crippen molar-refractivity contribution in [1.29, 1.82) is 0 Å². The van der Waals surface area contributed by atoms with E-state index in [0.717, 1.165) is 24.5 Å². The number of amides is 1. The van der Waals surface area contributed by atoms with Gasteiger partial charge in [0.05, 0.1) is 32.2 Å². The molecule has 31 heavy (non-hydrogen) atoms. The Balaban J connectivity index is 1.99. The van der Waals surface area contributed by atoms with Gasteiger partial charge in [-0.3, -0.25) is 9.59 Å². The lowest BCUT2D eigenvalue weighted by Gasteiger charge is -2.27. The molecule has 2 aromatic rings. The molecule has 0 saturated heterocycles.